The van der Waals surface area contributed by atoms with Gasteiger partial charge >= 0.3 is 12.1 Å². The molecule has 3 nitrogen and oxygen atoms in total. The SMILES string of the molecule is FC(F)(F)c1nc(CC2CCNC2)co1. The minimum atomic E-state index is -4.48. The zero-order chi connectivity index (χ0) is 10.9. The number of nitrogens with one attached hydrogen (secondary N) is 1. The minimum Gasteiger partial charge on any atom is -0.441 e. The second kappa shape index (κ2) is 3.84. The lowest BCUT2D eigenvalue weighted by molar-refractivity contribution is -0.157. The molecule has 15 heavy (non-hydrogen) atoms. The Morgan fingerprint density at radius 3 is 2.87 bits per heavy atom. The van der Waals surface area contributed by atoms with E-state index in [1.807, 2.05) is 0 Å². The highest BCUT2D eigenvalue weighted by atomic mass is 19.4. The molecule has 1 fully saturated rings. The molecule has 1 atom stereocenters. The predicted molar refractivity (Wildman–Crippen MR) is 46.2 cm³/mol. The molecule has 1 N–H and O–H groups in total. The van der Waals surface area contributed by atoms with Crippen molar-refractivity contribution in [3.8, 4) is 0 Å². The highest BCUT2D eigenvalue weighted by Gasteiger charge is 2.37. The maximum atomic E-state index is 12.1. The monoisotopic (exact) mass is 220 g/mol. The van der Waals surface area contributed by atoms with Crippen LogP contribution in [-0.2, 0) is 12.6 Å². The largest absolute Gasteiger partial charge is 0.468 e. The lowest BCUT2D eigenvalue weighted by atomic mass is 10.0. The van der Waals surface area contributed by atoms with E-state index in [1.165, 1.54) is 0 Å². The van der Waals surface area contributed by atoms with Crippen LogP contribution < -0.4 is 5.32 Å². The fourth-order valence-electron chi connectivity index (χ4n) is 1.72. The topological polar surface area (TPSA) is 38.1 Å². The van der Waals surface area contributed by atoms with E-state index >= 15 is 0 Å². The second-order valence-electron chi connectivity index (χ2n) is 3.70. The van der Waals surface area contributed by atoms with Gasteiger partial charge in [0.05, 0.1) is 5.69 Å². The summed E-state index contributed by atoms with van der Waals surface area (Å²) >= 11 is 0. The van der Waals surface area contributed by atoms with Crippen molar-refractivity contribution in [1.29, 1.82) is 0 Å². The molecule has 0 aliphatic carbocycles. The summed E-state index contributed by atoms with van der Waals surface area (Å²) in [7, 11) is 0. The summed E-state index contributed by atoms with van der Waals surface area (Å²) in [6, 6.07) is 0. The first-order valence-corrected chi connectivity index (χ1v) is 4.78. The summed E-state index contributed by atoms with van der Waals surface area (Å²) in [5, 5.41) is 3.15. The number of aromatic nitrogens is 1. The Bertz CT molecular complexity index is 328. The highest BCUT2D eigenvalue weighted by molar-refractivity contribution is 5.01. The summed E-state index contributed by atoms with van der Waals surface area (Å²) in [6.45, 7) is 1.77. The molecule has 2 heterocycles. The van der Waals surface area contributed by atoms with Gasteiger partial charge in [0.15, 0.2) is 0 Å². The molecule has 1 aromatic heterocycles. The van der Waals surface area contributed by atoms with Gasteiger partial charge in [-0.15, -0.1) is 0 Å². The van der Waals surface area contributed by atoms with Crippen LogP contribution in [0.25, 0.3) is 0 Å². The summed E-state index contributed by atoms with van der Waals surface area (Å²) in [5.74, 6) is -0.778. The summed E-state index contributed by atoms with van der Waals surface area (Å²) in [4.78, 5) is 3.43. The molecule has 1 aliphatic heterocycles. The number of nitrogens with zero attached hydrogens (tertiary/aromatic N) is 1. The van der Waals surface area contributed by atoms with Crippen molar-refractivity contribution in [2.45, 2.75) is 19.0 Å². The van der Waals surface area contributed by atoms with Gasteiger partial charge in [-0.25, -0.2) is 4.98 Å². The lowest BCUT2D eigenvalue weighted by Crippen LogP contribution is -2.11. The molecule has 0 radical (unpaired) electrons. The van der Waals surface area contributed by atoms with Crippen LogP contribution in [0.5, 0.6) is 0 Å². The number of hydrogen-bond acceptors (Lipinski definition) is 3. The second-order valence-corrected chi connectivity index (χ2v) is 3.70. The van der Waals surface area contributed by atoms with E-state index in [1.54, 1.807) is 0 Å². The van der Waals surface area contributed by atoms with E-state index in [2.05, 4.69) is 14.7 Å². The van der Waals surface area contributed by atoms with Gasteiger partial charge < -0.3 is 9.73 Å². The standard InChI is InChI=1S/C9H11F3N2O/c10-9(11,12)8-14-7(5-15-8)3-6-1-2-13-4-6/h5-6,13H,1-4H2. The van der Waals surface area contributed by atoms with Crippen molar-refractivity contribution >= 4 is 0 Å². The molecule has 0 amide bonds. The molecule has 6 heteroatoms. The van der Waals surface area contributed by atoms with Gasteiger partial charge in [-0.05, 0) is 31.8 Å². The number of alkyl halides is 3. The van der Waals surface area contributed by atoms with E-state index in [4.69, 9.17) is 0 Å². The van der Waals surface area contributed by atoms with Gasteiger partial charge in [-0.1, -0.05) is 0 Å². The highest BCUT2D eigenvalue weighted by Crippen LogP contribution is 2.28. The van der Waals surface area contributed by atoms with E-state index in [-0.39, 0.29) is 0 Å². The number of rotatable bonds is 2. The first-order valence-electron chi connectivity index (χ1n) is 4.78. The Kier molecular flexibility index (Phi) is 2.68. The zero-order valence-corrected chi connectivity index (χ0v) is 7.97. The molecule has 2 rings (SSSR count). The van der Waals surface area contributed by atoms with Crippen molar-refractivity contribution in [3.63, 3.8) is 0 Å². The van der Waals surface area contributed by atoms with Crippen molar-refractivity contribution in [1.82, 2.24) is 10.3 Å². The molecule has 84 valence electrons. The Balaban J connectivity index is 2.00. The lowest BCUT2D eigenvalue weighted by Gasteiger charge is -2.03. The number of halogens is 3. The van der Waals surface area contributed by atoms with Crippen LogP contribution in [0, 0.1) is 5.92 Å². The molecule has 1 saturated heterocycles. The van der Waals surface area contributed by atoms with Crippen LogP contribution in [-0.4, -0.2) is 18.1 Å². The molecule has 1 aromatic rings. The minimum absolute atomic E-state index is 0.371. The molecule has 0 saturated carbocycles. The normalized spacial score (nSPS) is 22.2. The van der Waals surface area contributed by atoms with E-state index in [0.29, 0.717) is 18.0 Å². The summed E-state index contributed by atoms with van der Waals surface area (Å²) in [5.41, 5.74) is 0.385. The van der Waals surface area contributed by atoms with E-state index in [9.17, 15) is 13.2 Å². The van der Waals surface area contributed by atoms with Crippen molar-refractivity contribution in [2.75, 3.05) is 13.1 Å². The average Bonchev–Trinajstić information content (AvgIpc) is 2.73. The van der Waals surface area contributed by atoms with Crippen molar-refractivity contribution in [3.05, 3.63) is 17.8 Å². The van der Waals surface area contributed by atoms with Crippen LogP contribution in [0.15, 0.2) is 10.7 Å². The van der Waals surface area contributed by atoms with Gasteiger partial charge in [0.1, 0.15) is 6.26 Å². The Labute approximate surface area is 84.7 Å². The third-order valence-corrected chi connectivity index (χ3v) is 2.45. The first kappa shape index (κ1) is 10.5. The summed E-state index contributed by atoms with van der Waals surface area (Å²) in [6.07, 6.45) is -1.85. The molecule has 1 unspecified atom stereocenters. The van der Waals surface area contributed by atoms with Crippen LogP contribution >= 0.6 is 0 Å². The van der Waals surface area contributed by atoms with Crippen LogP contribution in [0.4, 0.5) is 13.2 Å². The van der Waals surface area contributed by atoms with Gasteiger partial charge in [-0.2, -0.15) is 13.2 Å². The van der Waals surface area contributed by atoms with Gasteiger partial charge in [0.25, 0.3) is 0 Å². The van der Waals surface area contributed by atoms with E-state index in [0.717, 1.165) is 25.8 Å². The molecule has 0 bridgehead atoms. The number of oxazole rings is 1. The fourth-order valence-corrected chi connectivity index (χ4v) is 1.72. The quantitative estimate of drug-likeness (QED) is 0.826. The van der Waals surface area contributed by atoms with Crippen molar-refractivity contribution in [2.24, 2.45) is 5.92 Å². The Morgan fingerprint density at radius 2 is 2.33 bits per heavy atom. The molecular formula is C9H11F3N2O. The van der Waals surface area contributed by atoms with E-state index < -0.39 is 12.1 Å². The zero-order valence-electron chi connectivity index (χ0n) is 7.97. The van der Waals surface area contributed by atoms with Crippen LogP contribution in [0.3, 0.4) is 0 Å². The first-order chi connectivity index (χ1) is 7.05. The average molecular weight is 220 g/mol. The van der Waals surface area contributed by atoms with Gasteiger partial charge in [0.2, 0.25) is 0 Å². The molecule has 0 aromatic carbocycles. The fraction of sp³-hybridized carbons (Fsp3) is 0.667. The van der Waals surface area contributed by atoms with Crippen LogP contribution in [0.2, 0.25) is 0 Å². The third-order valence-electron chi connectivity index (χ3n) is 2.45. The molecule has 0 spiro atoms. The Hall–Kier alpha value is -1.04. The van der Waals surface area contributed by atoms with Crippen molar-refractivity contribution < 1.29 is 17.6 Å². The maximum absolute atomic E-state index is 12.1. The predicted octanol–water partition coefficient (Wildman–Crippen LogP) is 1.85. The molecular weight excluding hydrogens is 209 g/mol. The summed E-state index contributed by atoms with van der Waals surface area (Å²) < 4.78 is 40.8. The maximum Gasteiger partial charge on any atom is 0.468 e. The molecule has 1 aliphatic rings. The Morgan fingerprint density at radius 1 is 1.53 bits per heavy atom. The van der Waals surface area contributed by atoms with Gasteiger partial charge in [0, 0.05) is 0 Å². The van der Waals surface area contributed by atoms with Crippen LogP contribution in [0.1, 0.15) is 18.0 Å². The third kappa shape index (κ3) is 2.50. The van der Waals surface area contributed by atoms with Gasteiger partial charge in [-0.3, -0.25) is 0 Å². The smallest absolute Gasteiger partial charge is 0.441 e. The number of hydrogen-bond donors (Lipinski definition) is 1.